The zero-order valence-corrected chi connectivity index (χ0v) is 15.2. The van der Waals surface area contributed by atoms with Crippen LogP contribution in [0.3, 0.4) is 0 Å². The van der Waals surface area contributed by atoms with E-state index in [-0.39, 0.29) is 5.60 Å². The first-order chi connectivity index (χ1) is 11.4. The number of aliphatic hydroxyl groups is 2. The Morgan fingerprint density at radius 3 is 2.17 bits per heavy atom. The second-order valence-corrected chi connectivity index (χ2v) is 8.36. The summed E-state index contributed by atoms with van der Waals surface area (Å²) in [6, 6.07) is 9.00. The van der Waals surface area contributed by atoms with Gasteiger partial charge in [0.1, 0.15) is 0 Å². The van der Waals surface area contributed by atoms with Crippen molar-refractivity contribution in [3.05, 3.63) is 35.4 Å². The largest absolute Gasteiger partial charge is 0.390 e. The van der Waals surface area contributed by atoms with E-state index in [4.69, 9.17) is 0 Å². The van der Waals surface area contributed by atoms with Crippen LogP contribution in [0, 0.1) is 0 Å². The van der Waals surface area contributed by atoms with Crippen LogP contribution in [0.5, 0.6) is 0 Å². The first-order valence-corrected chi connectivity index (χ1v) is 9.69. The predicted octanol–water partition coefficient (Wildman–Crippen LogP) is 3.83. The van der Waals surface area contributed by atoms with Crippen LogP contribution < -0.4 is 5.32 Å². The molecule has 0 aromatic heterocycles. The van der Waals surface area contributed by atoms with Crippen molar-refractivity contribution >= 4 is 0 Å². The number of hydrogen-bond donors (Lipinski definition) is 3. The van der Waals surface area contributed by atoms with E-state index in [1.807, 2.05) is 0 Å². The Labute approximate surface area is 146 Å². The molecule has 0 unspecified atom stereocenters. The fraction of sp³-hybridized carbons (Fsp3) is 0.714. The van der Waals surface area contributed by atoms with E-state index in [2.05, 4.69) is 43.4 Å². The molecule has 1 aromatic carbocycles. The molecular formula is C21H33NO2. The van der Waals surface area contributed by atoms with Crippen LogP contribution in [-0.4, -0.2) is 28.4 Å². The summed E-state index contributed by atoms with van der Waals surface area (Å²) in [4.78, 5) is 0. The van der Waals surface area contributed by atoms with Gasteiger partial charge < -0.3 is 15.5 Å². The highest BCUT2D eigenvalue weighted by atomic mass is 16.3. The molecule has 0 aliphatic heterocycles. The monoisotopic (exact) mass is 331 g/mol. The lowest BCUT2D eigenvalue weighted by Gasteiger charge is -2.39. The third kappa shape index (κ3) is 4.01. The molecule has 0 heterocycles. The van der Waals surface area contributed by atoms with Gasteiger partial charge in [0.25, 0.3) is 0 Å². The van der Waals surface area contributed by atoms with Gasteiger partial charge in [0.15, 0.2) is 0 Å². The van der Waals surface area contributed by atoms with E-state index in [9.17, 15) is 10.2 Å². The number of hydrogen-bond acceptors (Lipinski definition) is 3. The summed E-state index contributed by atoms with van der Waals surface area (Å²) in [7, 11) is 0. The maximum Gasteiger partial charge on any atom is 0.0897 e. The van der Waals surface area contributed by atoms with E-state index in [0.717, 1.165) is 57.1 Å². The summed E-state index contributed by atoms with van der Waals surface area (Å²) < 4.78 is 0. The Morgan fingerprint density at radius 2 is 1.67 bits per heavy atom. The van der Waals surface area contributed by atoms with E-state index in [1.54, 1.807) is 0 Å². The van der Waals surface area contributed by atoms with Gasteiger partial charge in [0.05, 0.1) is 11.2 Å². The van der Waals surface area contributed by atoms with Crippen molar-refractivity contribution in [2.75, 3.05) is 6.54 Å². The molecule has 0 atom stereocenters. The molecule has 0 saturated heterocycles. The van der Waals surface area contributed by atoms with Crippen LogP contribution in [0.1, 0.15) is 82.3 Å². The van der Waals surface area contributed by atoms with E-state index in [1.165, 1.54) is 12.0 Å². The fourth-order valence-electron chi connectivity index (χ4n) is 4.11. The second-order valence-electron chi connectivity index (χ2n) is 8.36. The molecule has 3 rings (SSSR count). The van der Waals surface area contributed by atoms with Gasteiger partial charge in [-0.3, -0.25) is 0 Å². The van der Waals surface area contributed by atoms with E-state index in [0.29, 0.717) is 12.0 Å². The molecule has 0 amide bonds. The zero-order chi connectivity index (χ0) is 17.2. The molecule has 2 aliphatic rings. The Morgan fingerprint density at radius 1 is 1.04 bits per heavy atom. The van der Waals surface area contributed by atoms with Gasteiger partial charge in [-0.1, -0.05) is 38.1 Å². The first-order valence-electron chi connectivity index (χ1n) is 9.69. The molecule has 0 spiro atoms. The van der Waals surface area contributed by atoms with Crippen molar-refractivity contribution in [1.29, 1.82) is 0 Å². The third-order valence-corrected chi connectivity index (χ3v) is 6.24. The molecule has 0 radical (unpaired) electrons. The maximum absolute atomic E-state index is 11.0. The topological polar surface area (TPSA) is 52.5 Å². The molecule has 2 fully saturated rings. The highest BCUT2D eigenvalue weighted by molar-refractivity contribution is 5.29. The molecular weight excluding hydrogens is 298 g/mol. The predicted molar refractivity (Wildman–Crippen MR) is 98.1 cm³/mol. The smallest absolute Gasteiger partial charge is 0.0897 e. The standard InChI is InChI=1S/C21H33NO2/c1-16(2)17-4-6-18(7-5-17)21(24)12-8-19(9-13-21)22-15-14-20(23)10-3-11-20/h4-7,16,19,22-24H,3,8-15H2,1-2H3. The second kappa shape index (κ2) is 7.15. The lowest BCUT2D eigenvalue weighted by molar-refractivity contribution is -0.0417. The zero-order valence-electron chi connectivity index (χ0n) is 15.2. The summed E-state index contributed by atoms with van der Waals surface area (Å²) in [5, 5.41) is 24.8. The van der Waals surface area contributed by atoms with Crippen LogP contribution in [0.15, 0.2) is 24.3 Å². The summed E-state index contributed by atoms with van der Waals surface area (Å²) in [5.41, 5.74) is 1.33. The minimum atomic E-state index is -0.667. The Kier molecular flexibility index (Phi) is 5.33. The van der Waals surface area contributed by atoms with Gasteiger partial charge in [0.2, 0.25) is 0 Å². The molecule has 24 heavy (non-hydrogen) atoms. The SMILES string of the molecule is CC(C)c1ccc(C2(O)CCC(NCCC3(O)CCC3)CC2)cc1. The van der Waals surface area contributed by atoms with Crippen LogP contribution in [0.25, 0.3) is 0 Å². The number of rotatable bonds is 6. The van der Waals surface area contributed by atoms with Gasteiger partial charge in [0, 0.05) is 6.04 Å². The summed E-state index contributed by atoms with van der Waals surface area (Å²) in [6.07, 6.45) is 7.59. The number of nitrogens with one attached hydrogen (secondary N) is 1. The van der Waals surface area contributed by atoms with Crippen molar-refractivity contribution in [3.63, 3.8) is 0 Å². The Hall–Kier alpha value is -0.900. The normalized spacial score (nSPS) is 29.5. The first kappa shape index (κ1) is 17.9. The minimum absolute atomic E-state index is 0.388. The maximum atomic E-state index is 11.0. The van der Waals surface area contributed by atoms with Gasteiger partial charge in [-0.05, 0) is 75.0 Å². The van der Waals surface area contributed by atoms with Crippen LogP contribution in [0.4, 0.5) is 0 Å². The molecule has 0 bridgehead atoms. The summed E-state index contributed by atoms with van der Waals surface area (Å²) in [5.74, 6) is 0.527. The van der Waals surface area contributed by atoms with Crippen molar-refractivity contribution < 1.29 is 10.2 Å². The Balaban J connectivity index is 1.48. The quantitative estimate of drug-likeness (QED) is 0.742. The van der Waals surface area contributed by atoms with Gasteiger partial charge in [-0.15, -0.1) is 0 Å². The molecule has 3 nitrogen and oxygen atoms in total. The molecule has 3 N–H and O–H groups in total. The average Bonchev–Trinajstić information content (AvgIpc) is 2.55. The molecule has 134 valence electrons. The highest BCUT2D eigenvalue weighted by Gasteiger charge is 2.36. The van der Waals surface area contributed by atoms with Crippen molar-refractivity contribution in [3.8, 4) is 0 Å². The summed E-state index contributed by atoms with van der Waals surface area (Å²) in [6.45, 7) is 5.28. The average molecular weight is 332 g/mol. The van der Waals surface area contributed by atoms with Crippen molar-refractivity contribution in [2.24, 2.45) is 0 Å². The highest BCUT2D eigenvalue weighted by Crippen LogP contribution is 2.38. The lowest BCUT2D eigenvalue weighted by atomic mass is 9.76. The fourth-order valence-corrected chi connectivity index (χ4v) is 4.11. The van der Waals surface area contributed by atoms with Gasteiger partial charge in [-0.25, -0.2) is 0 Å². The van der Waals surface area contributed by atoms with E-state index >= 15 is 0 Å². The van der Waals surface area contributed by atoms with Gasteiger partial charge >= 0.3 is 0 Å². The molecule has 3 heteroatoms. The Bertz CT molecular complexity index is 525. The minimum Gasteiger partial charge on any atom is -0.390 e. The van der Waals surface area contributed by atoms with Crippen LogP contribution in [0.2, 0.25) is 0 Å². The molecule has 1 aromatic rings. The van der Waals surface area contributed by atoms with Crippen LogP contribution in [-0.2, 0) is 5.60 Å². The van der Waals surface area contributed by atoms with Crippen LogP contribution >= 0.6 is 0 Å². The van der Waals surface area contributed by atoms with Crippen molar-refractivity contribution in [1.82, 2.24) is 5.32 Å². The number of benzene rings is 1. The molecule has 2 saturated carbocycles. The lowest BCUT2D eigenvalue weighted by Crippen LogP contribution is -2.44. The summed E-state index contributed by atoms with van der Waals surface area (Å²) >= 11 is 0. The van der Waals surface area contributed by atoms with Gasteiger partial charge in [-0.2, -0.15) is 0 Å². The van der Waals surface area contributed by atoms with E-state index < -0.39 is 5.60 Å². The molecule has 2 aliphatic carbocycles. The van der Waals surface area contributed by atoms with Crippen molar-refractivity contribution in [2.45, 2.75) is 88.4 Å². The third-order valence-electron chi connectivity index (χ3n) is 6.24.